The first-order valence-corrected chi connectivity index (χ1v) is 19.4. The van der Waals surface area contributed by atoms with E-state index in [2.05, 4.69) is 74.6 Å². The molecular weight excluding hydrogens is 636 g/mol. The van der Waals surface area contributed by atoms with Gasteiger partial charge in [-0.15, -0.1) is 0 Å². The smallest absolute Gasteiger partial charge is 0.306 e. The standard InChI is InChI=1S/C41H70O9/c1-3-5-7-9-11-12-13-14-15-16-17-18-19-20-21-22-23-24-25-26-28-30-37(43)49-35(33-47-31-29-27-10-8-6-4-2)34-48-41-40(46)39(45)38(44)36(32-42)50-41/h5,7,11-12,14-15,17-18,20-21,35-36,38-42,44-46H,3-4,6,8-10,13,16,19,22-34H2,1-2H3/b7-5-,12-11-,15-14-,18-17-,21-20-. The number of allylic oxidation sites excluding steroid dienone is 10. The molecule has 1 heterocycles. The summed E-state index contributed by atoms with van der Waals surface area (Å²) in [5, 5.41) is 39.8. The molecule has 1 fully saturated rings. The number of aliphatic hydroxyl groups is 4. The van der Waals surface area contributed by atoms with Gasteiger partial charge in [0.1, 0.15) is 30.5 Å². The summed E-state index contributed by atoms with van der Waals surface area (Å²) < 4.78 is 22.5. The SMILES string of the molecule is CC/C=C\C/C=C\C/C=C\C/C=C\C/C=C\CCCCCCCC(=O)OC(COCCCCCCCC)COC1OC(CO)C(O)C(O)C1O. The Bertz CT molecular complexity index is 942. The molecular formula is C41H70O9. The van der Waals surface area contributed by atoms with Gasteiger partial charge in [-0.2, -0.15) is 0 Å². The summed E-state index contributed by atoms with van der Waals surface area (Å²) in [4.78, 5) is 12.7. The van der Waals surface area contributed by atoms with Crippen LogP contribution in [0.1, 0.15) is 129 Å². The monoisotopic (exact) mass is 707 g/mol. The molecule has 0 aromatic carbocycles. The average Bonchev–Trinajstić information content (AvgIpc) is 3.11. The van der Waals surface area contributed by atoms with Crippen molar-refractivity contribution >= 4 is 5.97 Å². The second-order valence-corrected chi connectivity index (χ2v) is 13.0. The van der Waals surface area contributed by atoms with E-state index in [0.717, 1.165) is 83.5 Å². The van der Waals surface area contributed by atoms with Crippen molar-refractivity contribution < 1.29 is 44.2 Å². The minimum absolute atomic E-state index is 0.124. The summed E-state index contributed by atoms with van der Waals surface area (Å²) in [5.41, 5.74) is 0. The third kappa shape index (κ3) is 24.1. The first-order chi connectivity index (χ1) is 24.4. The van der Waals surface area contributed by atoms with Crippen LogP contribution in [0.15, 0.2) is 60.8 Å². The fourth-order valence-electron chi connectivity index (χ4n) is 5.40. The molecule has 6 unspecified atom stereocenters. The predicted octanol–water partition coefficient (Wildman–Crippen LogP) is 7.57. The highest BCUT2D eigenvalue weighted by Gasteiger charge is 2.44. The molecule has 4 N–H and O–H groups in total. The van der Waals surface area contributed by atoms with Gasteiger partial charge < -0.3 is 39.4 Å². The molecule has 0 saturated carbocycles. The molecule has 1 saturated heterocycles. The highest BCUT2D eigenvalue weighted by molar-refractivity contribution is 5.69. The molecule has 1 aliphatic heterocycles. The topological polar surface area (TPSA) is 135 Å². The number of rotatable bonds is 31. The van der Waals surface area contributed by atoms with E-state index in [0.29, 0.717) is 13.0 Å². The van der Waals surface area contributed by atoms with Crippen LogP contribution >= 0.6 is 0 Å². The summed E-state index contributed by atoms with van der Waals surface area (Å²) >= 11 is 0. The van der Waals surface area contributed by atoms with Gasteiger partial charge in [0.2, 0.25) is 0 Å². The molecule has 0 aromatic heterocycles. The van der Waals surface area contributed by atoms with E-state index < -0.39 is 43.4 Å². The van der Waals surface area contributed by atoms with E-state index in [9.17, 15) is 25.2 Å². The van der Waals surface area contributed by atoms with Crippen LogP contribution in [0.4, 0.5) is 0 Å². The molecule has 9 heteroatoms. The zero-order valence-electron chi connectivity index (χ0n) is 31.1. The van der Waals surface area contributed by atoms with Crippen LogP contribution < -0.4 is 0 Å². The van der Waals surface area contributed by atoms with E-state index in [1.54, 1.807) is 0 Å². The summed E-state index contributed by atoms with van der Waals surface area (Å²) in [7, 11) is 0. The second kappa shape index (κ2) is 32.8. The maximum atomic E-state index is 12.7. The number of hydrogen-bond acceptors (Lipinski definition) is 9. The number of unbranched alkanes of at least 4 members (excludes halogenated alkanes) is 10. The molecule has 288 valence electrons. The Hall–Kier alpha value is -2.11. The fraction of sp³-hybridized carbons (Fsp3) is 0.732. The minimum Gasteiger partial charge on any atom is -0.457 e. The van der Waals surface area contributed by atoms with Crippen LogP contribution in [0.2, 0.25) is 0 Å². The molecule has 6 atom stereocenters. The maximum absolute atomic E-state index is 12.7. The van der Waals surface area contributed by atoms with Crippen molar-refractivity contribution in [3.05, 3.63) is 60.8 Å². The van der Waals surface area contributed by atoms with Gasteiger partial charge in [0.25, 0.3) is 0 Å². The predicted molar refractivity (Wildman–Crippen MR) is 201 cm³/mol. The van der Waals surface area contributed by atoms with Gasteiger partial charge in [0.15, 0.2) is 6.29 Å². The first kappa shape index (κ1) is 45.9. The average molecular weight is 707 g/mol. The lowest BCUT2D eigenvalue weighted by Gasteiger charge is -2.39. The van der Waals surface area contributed by atoms with E-state index in [1.165, 1.54) is 25.7 Å². The highest BCUT2D eigenvalue weighted by Crippen LogP contribution is 2.22. The molecule has 50 heavy (non-hydrogen) atoms. The van der Waals surface area contributed by atoms with Crippen LogP contribution in [0, 0.1) is 0 Å². The second-order valence-electron chi connectivity index (χ2n) is 13.0. The van der Waals surface area contributed by atoms with Crippen LogP contribution in [0.3, 0.4) is 0 Å². The first-order valence-electron chi connectivity index (χ1n) is 19.4. The Balaban J connectivity index is 2.26. The Morgan fingerprint density at radius 3 is 1.84 bits per heavy atom. The van der Waals surface area contributed by atoms with E-state index in [4.69, 9.17) is 18.9 Å². The summed E-state index contributed by atoms with van der Waals surface area (Å²) in [6.45, 7) is 4.34. The largest absolute Gasteiger partial charge is 0.457 e. The lowest BCUT2D eigenvalue weighted by Crippen LogP contribution is -2.59. The number of ether oxygens (including phenoxy) is 4. The normalized spacial score (nSPS) is 22.2. The summed E-state index contributed by atoms with van der Waals surface area (Å²) in [6.07, 6.45) is 32.6. The Labute approximate surface area is 303 Å². The van der Waals surface area contributed by atoms with Gasteiger partial charge in [-0.3, -0.25) is 4.79 Å². The molecule has 0 radical (unpaired) electrons. The van der Waals surface area contributed by atoms with Crippen molar-refractivity contribution in [2.75, 3.05) is 26.4 Å². The Morgan fingerprint density at radius 1 is 0.660 bits per heavy atom. The molecule has 0 aromatic rings. The summed E-state index contributed by atoms with van der Waals surface area (Å²) in [6, 6.07) is 0. The van der Waals surface area contributed by atoms with Crippen molar-refractivity contribution in [3.63, 3.8) is 0 Å². The number of aliphatic hydroxyl groups excluding tert-OH is 4. The third-order valence-electron chi connectivity index (χ3n) is 8.45. The fourth-order valence-corrected chi connectivity index (χ4v) is 5.40. The van der Waals surface area contributed by atoms with E-state index in [-0.39, 0.29) is 19.2 Å². The van der Waals surface area contributed by atoms with Gasteiger partial charge in [-0.25, -0.2) is 0 Å². The highest BCUT2D eigenvalue weighted by atomic mass is 16.7. The van der Waals surface area contributed by atoms with Gasteiger partial charge >= 0.3 is 5.97 Å². The van der Waals surface area contributed by atoms with Crippen molar-refractivity contribution in [1.82, 2.24) is 0 Å². The zero-order valence-corrected chi connectivity index (χ0v) is 31.1. The van der Waals surface area contributed by atoms with Gasteiger partial charge in [0.05, 0.1) is 19.8 Å². The lowest BCUT2D eigenvalue weighted by atomic mass is 9.99. The number of carbonyl (C=O) groups excluding carboxylic acids is 1. The van der Waals surface area contributed by atoms with Crippen LogP contribution in [0.5, 0.6) is 0 Å². The third-order valence-corrected chi connectivity index (χ3v) is 8.45. The summed E-state index contributed by atoms with van der Waals surface area (Å²) in [5.74, 6) is -0.339. The lowest BCUT2D eigenvalue weighted by molar-refractivity contribution is -0.305. The van der Waals surface area contributed by atoms with Gasteiger partial charge in [0, 0.05) is 13.0 Å². The van der Waals surface area contributed by atoms with Crippen molar-refractivity contribution in [2.45, 2.75) is 166 Å². The number of esters is 1. The molecule has 0 amide bonds. The molecule has 0 spiro atoms. The Morgan fingerprint density at radius 2 is 1.22 bits per heavy atom. The van der Waals surface area contributed by atoms with Crippen LogP contribution in [-0.4, -0.2) is 89.6 Å². The zero-order chi connectivity index (χ0) is 36.5. The van der Waals surface area contributed by atoms with Gasteiger partial charge in [-0.05, 0) is 57.8 Å². The molecule has 9 nitrogen and oxygen atoms in total. The van der Waals surface area contributed by atoms with Crippen molar-refractivity contribution in [3.8, 4) is 0 Å². The van der Waals surface area contributed by atoms with Crippen molar-refractivity contribution in [2.24, 2.45) is 0 Å². The molecule has 0 bridgehead atoms. The van der Waals surface area contributed by atoms with Crippen molar-refractivity contribution in [1.29, 1.82) is 0 Å². The van der Waals surface area contributed by atoms with E-state index in [1.807, 2.05) is 0 Å². The van der Waals surface area contributed by atoms with Crippen LogP contribution in [-0.2, 0) is 23.7 Å². The Kier molecular flexibility index (Phi) is 30.1. The number of hydrogen-bond donors (Lipinski definition) is 4. The molecule has 1 rings (SSSR count). The van der Waals surface area contributed by atoms with Gasteiger partial charge in [-0.1, -0.05) is 126 Å². The molecule has 0 aliphatic carbocycles. The maximum Gasteiger partial charge on any atom is 0.306 e. The number of carbonyl (C=O) groups is 1. The van der Waals surface area contributed by atoms with Crippen LogP contribution in [0.25, 0.3) is 0 Å². The minimum atomic E-state index is -1.54. The molecule has 1 aliphatic rings. The quantitative estimate of drug-likeness (QED) is 0.0327. The van der Waals surface area contributed by atoms with E-state index >= 15 is 0 Å².